The maximum atomic E-state index is 12.3. The van der Waals surface area contributed by atoms with E-state index in [1.165, 1.54) is 0 Å². The van der Waals surface area contributed by atoms with E-state index >= 15 is 0 Å². The van der Waals surface area contributed by atoms with Crippen molar-refractivity contribution in [3.8, 4) is 0 Å². The Hall–Kier alpha value is -3.07. The lowest BCUT2D eigenvalue weighted by molar-refractivity contribution is 0.0993. The molecule has 0 saturated heterocycles. The Bertz CT molecular complexity index is 794. The molecule has 0 aliphatic rings. The molecule has 0 spiro atoms. The van der Waals surface area contributed by atoms with Crippen LogP contribution in [-0.2, 0) is 6.42 Å². The predicted octanol–water partition coefficient (Wildman–Crippen LogP) is 5.53. The van der Waals surface area contributed by atoms with Crippen LogP contribution in [-0.4, -0.2) is 5.78 Å². The van der Waals surface area contributed by atoms with Crippen molar-refractivity contribution < 1.29 is 4.79 Å². The van der Waals surface area contributed by atoms with Gasteiger partial charge in [-0.3, -0.25) is 4.79 Å². The fraction of sp³-hybridized carbons (Fsp3) is 0.0500. The van der Waals surface area contributed by atoms with Crippen LogP contribution in [0.2, 0.25) is 0 Å². The van der Waals surface area contributed by atoms with Crippen molar-refractivity contribution in [3.63, 3.8) is 0 Å². The Morgan fingerprint density at radius 1 is 0.652 bits per heavy atom. The average Bonchev–Trinajstić information content (AvgIpc) is 2.62. The first kappa shape index (κ1) is 14.9. The van der Waals surface area contributed by atoms with Gasteiger partial charge in [-0.1, -0.05) is 48.5 Å². The van der Waals surface area contributed by atoms with E-state index in [-0.39, 0.29) is 5.78 Å². The average molecular weight is 300 g/mol. The highest BCUT2D eigenvalue weighted by atomic mass is 16.1. The standard InChI is InChI=1S/C20H16N2O/c23-20(15-16-7-3-1-4-8-16)17-11-13-19(14-12-17)22-21-18-9-5-2-6-10-18/h1-14H,15H2. The maximum Gasteiger partial charge on any atom is 0.167 e. The molecule has 3 aromatic rings. The number of hydrogen-bond acceptors (Lipinski definition) is 3. The molecule has 3 nitrogen and oxygen atoms in total. The normalized spacial score (nSPS) is 10.8. The molecule has 0 aliphatic carbocycles. The van der Waals surface area contributed by atoms with Gasteiger partial charge in [0.15, 0.2) is 5.78 Å². The summed E-state index contributed by atoms with van der Waals surface area (Å²) in [6.07, 6.45) is 0.408. The zero-order valence-corrected chi connectivity index (χ0v) is 12.6. The van der Waals surface area contributed by atoms with Gasteiger partial charge in [-0.15, -0.1) is 0 Å². The maximum absolute atomic E-state index is 12.3. The Morgan fingerprint density at radius 2 is 1.17 bits per heavy atom. The smallest absolute Gasteiger partial charge is 0.167 e. The SMILES string of the molecule is O=C(Cc1ccccc1)c1ccc(N=Nc2ccccc2)cc1. The minimum Gasteiger partial charge on any atom is -0.294 e. The molecule has 0 bridgehead atoms. The van der Waals surface area contributed by atoms with Crippen LogP contribution in [0.3, 0.4) is 0 Å². The number of carbonyl (C=O) groups excluding carboxylic acids is 1. The monoisotopic (exact) mass is 300 g/mol. The fourth-order valence-electron chi connectivity index (χ4n) is 2.21. The van der Waals surface area contributed by atoms with E-state index < -0.39 is 0 Å². The summed E-state index contributed by atoms with van der Waals surface area (Å²) < 4.78 is 0. The van der Waals surface area contributed by atoms with Gasteiger partial charge in [0, 0.05) is 12.0 Å². The zero-order chi connectivity index (χ0) is 15.9. The summed E-state index contributed by atoms with van der Waals surface area (Å²) in [5, 5.41) is 8.33. The first-order valence-electron chi connectivity index (χ1n) is 7.45. The van der Waals surface area contributed by atoms with Crippen molar-refractivity contribution in [1.29, 1.82) is 0 Å². The van der Waals surface area contributed by atoms with Gasteiger partial charge in [0.1, 0.15) is 0 Å². The van der Waals surface area contributed by atoms with E-state index in [0.29, 0.717) is 12.0 Å². The van der Waals surface area contributed by atoms with Gasteiger partial charge in [-0.2, -0.15) is 10.2 Å². The summed E-state index contributed by atoms with van der Waals surface area (Å²) in [4.78, 5) is 12.3. The third-order valence-electron chi connectivity index (χ3n) is 3.43. The molecule has 0 aliphatic heterocycles. The number of azo groups is 1. The molecule has 3 rings (SSSR count). The van der Waals surface area contributed by atoms with E-state index in [1.54, 1.807) is 12.1 Å². The minimum absolute atomic E-state index is 0.0998. The third-order valence-corrected chi connectivity index (χ3v) is 3.43. The molecule has 0 fully saturated rings. The summed E-state index contributed by atoms with van der Waals surface area (Å²) >= 11 is 0. The van der Waals surface area contributed by atoms with E-state index in [1.807, 2.05) is 72.8 Å². The molecule has 112 valence electrons. The second-order valence-corrected chi connectivity index (χ2v) is 5.17. The molecule has 0 amide bonds. The first-order valence-corrected chi connectivity index (χ1v) is 7.45. The number of ketones is 1. The van der Waals surface area contributed by atoms with Crippen molar-refractivity contribution >= 4 is 17.2 Å². The van der Waals surface area contributed by atoms with Crippen LogP contribution in [0, 0.1) is 0 Å². The number of nitrogens with zero attached hydrogens (tertiary/aromatic N) is 2. The van der Waals surface area contributed by atoms with Gasteiger partial charge < -0.3 is 0 Å². The zero-order valence-electron chi connectivity index (χ0n) is 12.6. The summed E-state index contributed by atoms with van der Waals surface area (Å²) in [6.45, 7) is 0. The number of hydrogen-bond donors (Lipinski definition) is 0. The quantitative estimate of drug-likeness (QED) is 0.451. The predicted molar refractivity (Wildman–Crippen MR) is 91.5 cm³/mol. The van der Waals surface area contributed by atoms with Gasteiger partial charge in [0.05, 0.1) is 11.4 Å². The molecule has 3 heteroatoms. The lowest BCUT2D eigenvalue weighted by atomic mass is 10.0. The molecular weight excluding hydrogens is 284 g/mol. The van der Waals surface area contributed by atoms with Crippen molar-refractivity contribution in [3.05, 3.63) is 96.1 Å². The molecule has 0 atom stereocenters. The number of carbonyl (C=O) groups is 1. The Morgan fingerprint density at radius 3 is 1.78 bits per heavy atom. The Kier molecular flexibility index (Phi) is 4.69. The van der Waals surface area contributed by atoms with Crippen LogP contribution in [0.25, 0.3) is 0 Å². The van der Waals surface area contributed by atoms with Crippen molar-refractivity contribution in [1.82, 2.24) is 0 Å². The second kappa shape index (κ2) is 7.27. The highest BCUT2D eigenvalue weighted by Gasteiger charge is 2.06. The summed E-state index contributed by atoms with van der Waals surface area (Å²) in [7, 11) is 0. The van der Waals surface area contributed by atoms with Crippen molar-refractivity contribution in [2.24, 2.45) is 10.2 Å². The van der Waals surface area contributed by atoms with Crippen LogP contribution < -0.4 is 0 Å². The van der Waals surface area contributed by atoms with Crippen LogP contribution >= 0.6 is 0 Å². The number of benzene rings is 3. The molecule has 0 aromatic heterocycles. The minimum atomic E-state index is 0.0998. The topological polar surface area (TPSA) is 41.8 Å². The van der Waals surface area contributed by atoms with Crippen molar-refractivity contribution in [2.45, 2.75) is 6.42 Å². The highest BCUT2D eigenvalue weighted by Crippen LogP contribution is 2.19. The van der Waals surface area contributed by atoms with Gasteiger partial charge >= 0.3 is 0 Å². The molecule has 3 aromatic carbocycles. The molecule has 0 saturated carbocycles. The van der Waals surface area contributed by atoms with Crippen LogP contribution in [0.1, 0.15) is 15.9 Å². The molecule has 23 heavy (non-hydrogen) atoms. The Balaban J connectivity index is 1.67. The first-order chi connectivity index (χ1) is 11.3. The number of rotatable bonds is 5. The molecular formula is C20H16N2O. The van der Waals surface area contributed by atoms with Gasteiger partial charge in [-0.25, -0.2) is 0 Å². The van der Waals surface area contributed by atoms with E-state index in [0.717, 1.165) is 16.9 Å². The molecule has 0 radical (unpaired) electrons. The molecule has 0 N–H and O–H groups in total. The van der Waals surface area contributed by atoms with E-state index in [2.05, 4.69) is 10.2 Å². The lowest BCUT2D eigenvalue weighted by Gasteiger charge is -2.02. The molecule has 0 unspecified atom stereocenters. The van der Waals surface area contributed by atoms with Crippen molar-refractivity contribution in [2.75, 3.05) is 0 Å². The second-order valence-electron chi connectivity index (χ2n) is 5.17. The fourth-order valence-corrected chi connectivity index (χ4v) is 2.21. The van der Waals surface area contributed by atoms with Crippen LogP contribution in [0.4, 0.5) is 11.4 Å². The molecule has 0 heterocycles. The van der Waals surface area contributed by atoms with E-state index in [4.69, 9.17) is 0 Å². The van der Waals surface area contributed by atoms with Crippen LogP contribution in [0.5, 0.6) is 0 Å². The van der Waals surface area contributed by atoms with Gasteiger partial charge in [0.2, 0.25) is 0 Å². The third kappa shape index (κ3) is 4.20. The summed E-state index contributed by atoms with van der Waals surface area (Å²) in [5.41, 5.74) is 3.24. The lowest BCUT2D eigenvalue weighted by Crippen LogP contribution is -2.02. The summed E-state index contributed by atoms with van der Waals surface area (Å²) in [6, 6.07) is 26.5. The summed E-state index contributed by atoms with van der Waals surface area (Å²) in [5.74, 6) is 0.0998. The highest BCUT2D eigenvalue weighted by molar-refractivity contribution is 5.97. The largest absolute Gasteiger partial charge is 0.294 e. The Labute approximate surface area is 135 Å². The number of Topliss-reactive ketones (excluding diaryl/α,β-unsaturated/α-hetero) is 1. The van der Waals surface area contributed by atoms with Crippen LogP contribution in [0.15, 0.2) is 95.2 Å². The van der Waals surface area contributed by atoms with Gasteiger partial charge in [-0.05, 0) is 42.0 Å². The van der Waals surface area contributed by atoms with E-state index in [9.17, 15) is 4.79 Å². The van der Waals surface area contributed by atoms with Gasteiger partial charge in [0.25, 0.3) is 0 Å².